The highest BCUT2D eigenvalue weighted by Crippen LogP contribution is 2.71. The van der Waals surface area contributed by atoms with Crippen LogP contribution in [0.25, 0.3) is 0 Å². The number of fused-ring (bicyclic) bond motifs is 4. The monoisotopic (exact) mass is 449 g/mol. The lowest BCUT2D eigenvalue weighted by molar-refractivity contribution is -0.175. The second-order valence-corrected chi connectivity index (χ2v) is 12.3. The lowest BCUT2D eigenvalue weighted by atomic mass is 9.57. The summed E-state index contributed by atoms with van der Waals surface area (Å²) in [5, 5.41) is 6.43. The highest BCUT2D eigenvalue weighted by molar-refractivity contribution is 6.07. The van der Waals surface area contributed by atoms with Crippen molar-refractivity contribution in [1.29, 1.82) is 0 Å². The third kappa shape index (κ3) is 1.95. The van der Waals surface area contributed by atoms with Crippen LogP contribution in [0, 0.1) is 22.7 Å². The van der Waals surface area contributed by atoms with E-state index in [1.165, 1.54) is 0 Å². The van der Waals surface area contributed by atoms with Gasteiger partial charge in [0.1, 0.15) is 11.1 Å². The van der Waals surface area contributed by atoms with Crippen molar-refractivity contribution in [2.45, 2.75) is 76.2 Å². The van der Waals surface area contributed by atoms with E-state index in [-0.39, 0.29) is 41.3 Å². The molecule has 0 aromatic heterocycles. The molecule has 0 radical (unpaired) electrons. The molecule has 174 valence electrons. The van der Waals surface area contributed by atoms with Crippen molar-refractivity contribution >= 4 is 17.7 Å². The first-order valence-electron chi connectivity index (χ1n) is 12.2. The van der Waals surface area contributed by atoms with Gasteiger partial charge in [-0.25, -0.2) is 0 Å². The Morgan fingerprint density at radius 1 is 1.09 bits per heavy atom. The Balaban J connectivity index is 1.39. The van der Waals surface area contributed by atoms with Crippen molar-refractivity contribution in [3.05, 3.63) is 35.6 Å². The zero-order chi connectivity index (χ0) is 23.2. The highest BCUT2D eigenvalue weighted by Gasteiger charge is 2.81. The van der Waals surface area contributed by atoms with Gasteiger partial charge in [-0.2, -0.15) is 0 Å². The highest BCUT2D eigenvalue weighted by atomic mass is 16.5. The van der Waals surface area contributed by atoms with E-state index in [1.54, 1.807) is 0 Å². The number of piperazine rings is 1. The molecular formula is C26H31N3O4. The van der Waals surface area contributed by atoms with E-state index in [9.17, 15) is 14.4 Å². The molecule has 3 spiro atoms. The van der Waals surface area contributed by atoms with Gasteiger partial charge < -0.3 is 20.3 Å². The van der Waals surface area contributed by atoms with Crippen LogP contribution in [0.5, 0.6) is 0 Å². The Bertz CT molecular complexity index is 1150. The number of hydrogen-bond acceptors (Lipinski definition) is 4. The van der Waals surface area contributed by atoms with Crippen molar-refractivity contribution in [3.8, 4) is 0 Å². The number of carbonyl (C=O) groups is 3. The van der Waals surface area contributed by atoms with Crippen molar-refractivity contribution in [2.75, 3.05) is 6.54 Å². The normalized spacial score (nSPS) is 47.5. The fraction of sp³-hybridized carbons (Fsp3) is 0.654. The molecule has 6 aliphatic heterocycles. The predicted molar refractivity (Wildman–Crippen MR) is 119 cm³/mol. The third-order valence-corrected chi connectivity index (χ3v) is 10.2. The average molecular weight is 450 g/mol. The maximum Gasteiger partial charge on any atom is 0.249 e. The van der Waals surface area contributed by atoms with Crippen LogP contribution < -0.4 is 10.6 Å². The number of nitrogens with one attached hydrogen (secondary N) is 2. The van der Waals surface area contributed by atoms with Crippen LogP contribution in [0.3, 0.4) is 0 Å². The first-order valence-corrected chi connectivity index (χ1v) is 12.2. The second kappa shape index (κ2) is 5.45. The molecule has 2 bridgehead atoms. The van der Waals surface area contributed by atoms with Gasteiger partial charge in [-0.3, -0.25) is 14.4 Å². The minimum Gasteiger partial charge on any atom is -0.363 e. The fourth-order valence-electron chi connectivity index (χ4n) is 8.61. The van der Waals surface area contributed by atoms with Gasteiger partial charge in [0.2, 0.25) is 17.7 Å². The molecule has 0 aromatic carbocycles. The largest absolute Gasteiger partial charge is 0.363 e. The number of hydrogen-bond donors (Lipinski definition) is 2. The van der Waals surface area contributed by atoms with Gasteiger partial charge in [0, 0.05) is 24.1 Å². The molecule has 7 nitrogen and oxygen atoms in total. The first-order chi connectivity index (χ1) is 15.5. The molecular weight excluding hydrogens is 418 g/mol. The summed E-state index contributed by atoms with van der Waals surface area (Å²) >= 11 is 0. The summed E-state index contributed by atoms with van der Waals surface area (Å²) in [6.07, 6.45) is 10.7. The van der Waals surface area contributed by atoms with E-state index in [2.05, 4.69) is 48.8 Å². The van der Waals surface area contributed by atoms with E-state index < -0.39 is 21.9 Å². The van der Waals surface area contributed by atoms with Gasteiger partial charge in [-0.1, -0.05) is 38.2 Å². The SMILES string of the molecule is CC1(C)C=CC2C3=C(C=CC2O1)[C@@]1(C[C@]24NC(=O)[C@@]5(CCCN5C2=O)C[C@@H]4C1(C)C)C(=O)N3. The smallest absolute Gasteiger partial charge is 0.249 e. The molecule has 2 unspecified atom stereocenters. The van der Waals surface area contributed by atoms with E-state index >= 15 is 0 Å². The van der Waals surface area contributed by atoms with E-state index in [0.717, 1.165) is 17.7 Å². The fourth-order valence-corrected chi connectivity index (χ4v) is 8.61. The topological polar surface area (TPSA) is 87.7 Å². The Labute approximate surface area is 193 Å². The Kier molecular flexibility index (Phi) is 3.31. The molecule has 6 atom stereocenters. The number of rotatable bonds is 0. The first kappa shape index (κ1) is 20.0. The molecule has 2 aliphatic carbocycles. The van der Waals surface area contributed by atoms with Gasteiger partial charge in [0.15, 0.2) is 0 Å². The minimum atomic E-state index is -1.02. The second-order valence-electron chi connectivity index (χ2n) is 12.3. The molecule has 33 heavy (non-hydrogen) atoms. The van der Waals surface area contributed by atoms with Crippen LogP contribution in [-0.4, -0.2) is 51.9 Å². The summed E-state index contributed by atoms with van der Waals surface area (Å²) in [6.45, 7) is 8.97. The summed E-state index contributed by atoms with van der Waals surface area (Å²) in [5.74, 6) is -0.205. The van der Waals surface area contributed by atoms with E-state index in [4.69, 9.17) is 4.74 Å². The molecule has 6 heterocycles. The van der Waals surface area contributed by atoms with Crippen LogP contribution in [-0.2, 0) is 19.1 Å². The van der Waals surface area contributed by atoms with Crippen LogP contribution >= 0.6 is 0 Å². The van der Waals surface area contributed by atoms with Crippen molar-refractivity contribution in [1.82, 2.24) is 15.5 Å². The molecule has 8 rings (SSSR count). The lowest BCUT2D eigenvalue weighted by Gasteiger charge is -2.59. The average Bonchev–Trinajstić information content (AvgIpc) is 3.35. The summed E-state index contributed by atoms with van der Waals surface area (Å²) in [4.78, 5) is 43.0. The third-order valence-electron chi connectivity index (χ3n) is 10.2. The molecule has 1 saturated carbocycles. The number of amides is 3. The molecule has 3 amide bonds. The van der Waals surface area contributed by atoms with Crippen LogP contribution in [0.1, 0.15) is 53.4 Å². The summed E-state index contributed by atoms with van der Waals surface area (Å²) in [7, 11) is 0. The summed E-state index contributed by atoms with van der Waals surface area (Å²) in [6, 6.07) is 0. The Morgan fingerprint density at radius 2 is 1.88 bits per heavy atom. The van der Waals surface area contributed by atoms with Crippen molar-refractivity contribution in [2.24, 2.45) is 22.7 Å². The molecule has 7 heteroatoms. The van der Waals surface area contributed by atoms with Crippen LogP contribution in [0.2, 0.25) is 0 Å². The molecule has 0 aromatic rings. The standard InChI is InChI=1S/C26H31N3O4/c1-22(2)10-8-14-16(33-22)7-6-15-18(14)27-20(31)25(15)13-26-17(23(25,3)4)12-24(19(30)28-26)9-5-11-29(24)21(26)32/h6-8,10,14,16-17H,5,9,11-13H2,1-4H3,(H,27,31)(H,28,30)/t14?,16?,17-,24-,25+,26-/m1/s1. The maximum absolute atomic E-state index is 13.9. The predicted octanol–water partition coefficient (Wildman–Crippen LogP) is 1.96. The number of piperidine rings is 2. The van der Waals surface area contributed by atoms with E-state index in [0.29, 0.717) is 25.8 Å². The van der Waals surface area contributed by atoms with Gasteiger partial charge >= 0.3 is 0 Å². The Hall–Kier alpha value is -2.41. The summed E-state index contributed by atoms with van der Waals surface area (Å²) < 4.78 is 6.27. The lowest BCUT2D eigenvalue weighted by Crippen LogP contribution is -2.81. The Morgan fingerprint density at radius 3 is 2.67 bits per heavy atom. The van der Waals surface area contributed by atoms with Gasteiger partial charge in [0.05, 0.1) is 17.1 Å². The number of carbonyl (C=O) groups excluding carboxylic acids is 3. The van der Waals surface area contributed by atoms with Gasteiger partial charge in [-0.15, -0.1) is 0 Å². The summed E-state index contributed by atoms with van der Waals surface area (Å²) in [5.41, 5.74) is -1.62. The molecule has 8 aliphatic rings. The van der Waals surface area contributed by atoms with Gasteiger partial charge in [0.25, 0.3) is 0 Å². The van der Waals surface area contributed by atoms with Crippen LogP contribution in [0.15, 0.2) is 35.6 Å². The van der Waals surface area contributed by atoms with E-state index in [1.807, 2.05) is 18.7 Å². The van der Waals surface area contributed by atoms with Crippen molar-refractivity contribution < 1.29 is 19.1 Å². The molecule has 4 saturated heterocycles. The molecule has 5 fully saturated rings. The number of nitrogens with zero attached hydrogens (tertiary/aromatic N) is 1. The number of ether oxygens (including phenoxy) is 1. The minimum absolute atomic E-state index is 0.0166. The zero-order valence-corrected chi connectivity index (χ0v) is 19.7. The van der Waals surface area contributed by atoms with Crippen LogP contribution in [0.4, 0.5) is 0 Å². The van der Waals surface area contributed by atoms with Gasteiger partial charge in [-0.05, 0) is 50.5 Å². The molecule has 2 N–H and O–H groups in total. The maximum atomic E-state index is 13.9. The number of allylic oxidation sites excluding steroid dienone is 1. The zero-order valence-electron chi connectivity index (χ0n) is 19.7. The quantitative estimate of drug-likeness (QED) is 0.554. The van der Waals surface area contributed by atoms with Crippen molar-refractivity contribution in [3.63, 3.8) is 0 Å².